The zero-order chi connectivity index (χ0) is 13.1. The number of hydrogen-bond donors (Lipinski definition) is 2. The Morgan fingerprint density at radius 1 is 1.18 bits per heavy atom. The molecule has 2 N–H and O–H groups in total. The van der Waals surface area contributed by atoms with Crippen LogP contribution in [0.15, 0.2) is 0 Å². The first-order valence-electron chi connectivity index (χ1n) is 5.68. The van der Waals surface area contributed by atoms with Crippen LogP contribution in [-0.2, 0) is 0 Å². The second-order valence-corrected chi connectivity index (χ2v) is 5.34. The summed E-state index contributed by atoms with van der Waals surface area (Å²) in [5, 5.41) is 6.23. The van der Waals surface area contributed by atoms with E-state index in [1.54, 1.807) is 7.05 Å². The first-order valence-corrected chi connectivity index (χ1v) is 6.06. The molecule has 0 saturated heterocycles. The van der Waals surface area contributed by atoms with Gasteiger partial charge in [-0.1, -0.05) is 27.7 Å². The molecule has 0 atom stereocenters. The summed E-state index contributed by atoms with van der Waals surface area (Å²) in [5.74, 6) is 1.54. The Balaban J connectivity index is 2.72. The summed E-state index contributed by atoms with van der Waals surface area (Å²) >= 11 is 5.80. The molecule has 1 aromatic rings. The van der Waals surface area contributed by atoms with E-state index < -0.39 is 0 Å². The van der Waals surface area contributed by atoms with Gasteiger partial charge in [0.05, 0.1) is 0 Å². The number of halogens is 1. The molecule has 0 fully saturated rings. The highest BCUT2D eigenvalue weighted by Crippen LogP contribution is 2.26. The molecule has 0 unspecified atom stereocenters. The van der Waals surface area contributed by atoms with E-state index in [0.717, 1.165) is 6.54 Å². The van der Waals surface area contributed by atoms with Gasteiger partial charge in [0, 0.05) is 13.6 Å². The molecule has 0 amide bonds. The minimum atomic E-state index is 0.166. The van der Waals surface area contributed by atoms with Crippen LogP contribution in [0.3, 0.4) is 0 Å². The molecule has 0 saturated carbocycles. The molecule has 0 aromatic carbocycles. The Kier molecular flexibility index (Phi) is 4.51. The van der Waals surface area contributed by atoms with Crippen molar-refractivity contribution in [1.82, 2.24) is 15.0 Å². The molecule has 1 rings (SSSR count). The van der Waals surface area contributed by atoms with Crippen LogP contribution in [-0.4, -0.2) is 28.5 Å². The molecular weight excluding hydrogens is 238 g/mol. The summed E-state index contributed by atoms with van der Waals surface area (Å²) in [4.78, 5) is 12.1. The molecule has 1 aromatic heterocycles. The highest BCUT2D eigenvalue weighted by Gasteiger charge is 2.22. The van der Waals surface area contributed by atoms with Crippen LogP contribution in [0.5, 0.6) is 0 Å². The van der Waals surface area contributed by atoms with Crippen LogP contribution in [0.25, 0.3) is 0 Å². The van der Waals surface area contributed by atoms with Gasteiger partial charge in [0.2, 0.25) is 17.2 Å². The maximum atomic E-state index is 5.80. The Labute approximate surface area is 107 Å². The lowest BCUT2D eigenvalue weighted by atomic mass is 9.81. The maximum absolute atomic E-state index is 5.80. The van der Waals surface area contributed by atoms with Crippen molar-refractivity contribution in [3.05, 3.63) is 5.28 Å². The highest BCUT2D eigenvalue weighted by molar-refractivity contribution is 6.28. The lowest BCUT2D eigenvalue weighted by molar-refractivity contribution is 0.269. The predicted molar refractivity (Wildman–Crippen MR) is 71.5 cm³/mol. The fourth-order valence-corrected chi connectivity index (χ4v) is 1.21. The summed E-state index contributed by atoms with van der Waals surface area (Å²) in [5.41, 5.74) is 0.166. The molecule has 5 nitrogen and oxygen atoms in total. The number of rotatable bonds is 5. The van der Waals surface area contributed by atoms with Crippen molar-refractivity contribution in [2.24, 2.45) is 11.3 Å². The van der Waals surface area contributed by atoms with Gasteiger partial charge in [0.1, 0.15) is 0 Å². The van der Waals surface area contributed by atoms with Crippen molar-refractivity contribution in [1.29, 1.82) is 0 Å². The fourth-order valence-electron chi connectivity index (χ4n) is 1.05. The van der Waals surface area contributed by atoms with E-state index in [1.165, 1.54) is 0 Å². The molecule has 0 radical (unpaired) electrons. The normalized spacial score (nSPS) is 11.7. The quantitative estimate of drug-likeness (QED) is 0.849. The monoisotopic (exact) mass is 257 g/mol. The SMILES string of the molecule is CNc1nc(Cl)nc(NCC(C)(C)C(C)C)n1. The lowest BCUT2D eigenvalue weighted by Crippen LogP contribution is -2.29. The maximum Gasteiger partial charge on any atom is 0.228 e. The van der Waals surface area contributed by atoms with Gasteiger partial charge in [-0.05, 0) is 22.9 Å². The average molecular weight is 258 g/mol. The van der Waals surface area contributed by atoms with E-state index in [9.17, 15) is 0 Å². The summed E-state index contributed by atoms with van der Waals surface area (Å²) in [6.07, 6.45) is 0. The Bertz CT molecular complexity index is 378. The molecule has 0 aliphatic carbocycles. The lowest BCUT2D eigenvalue weighted by Gasteiger charge is -2.29. The zero-order valence-corrected chi connectivity index (χ0v) is 11.8. The molecule has 0 bridgehead atoms. The van der Waals surface area contributed by atoms with Gasteiger partial charge in [0.25, 0.3) is 0 Å². The fraction of sp³-hybridized carbons (Fsp3) is 0.727. The van der Waals surface area contributed by atoms with Gasteiger partial charge in [0.15, 0.2) is 0 Å². The van der Waals surface area contributed by atoms with Crippen LogP contribution < -0.4 is 10.6 Å². The highest BCUT2D eigenvalue weighted by atomic mass is 35.5. The molecule has 96 valence electrons. The van der Waals surface area contributed by atoms with E-state index in [2.05, 4.69) is 53.3 Å². The minimum absolute atomic E-state index is 0.166. The molecule has 1 heterocycles. The number of anilines is 2. The summed E-state index contributed by atoms with van der Waals surface area (Å²) in [6, 6.07) is 0. The Morgan fingerprint density at radius 2 is 1.76 bits per heavy atom. The first-order chi connectivity index (χ1) is 7.85. The number of hydrogen-bond acceptors (Lipinski definition) is 5. The first kappa shape index (κ1) is 14.0. The number of nitrogens with one attached hydrogen (secondary N) is 2. The third kappa shape index (κ3) is 4.00. The van der Waals surface area contributed by atoms with Crippen molar-refractivity contribution in [3.8, 4) is 0 Å². The van der Waals surface area contributed by atoms with Crippen molar-refractivity contribution in [3.63, 3.8) is 0 Å². The Morgan fingerprint density at radius 3 is 2.29 bits per heavy atom. The molecular formula is C11H20ClN5. The molecule has 0 spiro atoms. The van der Waals surface area contributed by atoms with E-state index in [1.807, 2.05) is 0 Å². The van der Waals surface area contributed by atoms with Crippen molar-refractivity contribution in [2.75, 3.05) is 24.2 Å². The van der Waals surface area contributed by atoms with Crippen LogP contribution in [0.1, 0.15) is 27.7 Å². The summed E-state index contributed by atoms with van der Waals surface area (Å²) in [7, 11) is 1.74. The van der Waals surface area contributed by atoms with Crippen molar-refractivity contribution < 1.29 is 0 Å². The third-order valence-electron chi connectivity index (χ3n) is 3.10. The number of nitrogens with zero attached hydrogens (tertiary/aromatic N) is 3. The predicted octanol–water partition coefficient (Wildman–Crippen LogP) is 2.66. The van der Waals surface area contributed by atoms with E-state index in [4.69, 9.17) is 11.6 Å². The largest absolute Gasteiger partial charge is 0.357 e. The second-order valence-electron chi connectivity index (χ2n) is 5.00. The van der Waals surface area contributed by atoms with Crippen LogP contribution in [0.4, 0.5) is 11.9 Å². The Hall–Kier alpha value is -1.10. The van der Waals surface area contributed by atoms with Gasteiger partial charge >= 0.3 is 0 Å². The van der Waals surface area contributed by atoms with Crippen molar-refractivity contribution in [2.45, 2.75) is 27.7 Å². The van der Waals surface area contributed by atoms with Crippen LogP contribution in [0.2, 0.25) is 5.28 Å². The zero-order valence-electron chi connectivity index (χ0n) is 11.0. The van der Waals surface area contributed by atoms with Crippen molar-refractivity contribution >= 4 is 23.5 Å². The van der Waals surface area contributed by atoms with E-state index >= 15 is 0 Å². The van der Waals surface area contributed by atoms with Gasteiger partial charge in [-0.15, -0.1) is 0 Å². The third-order valence-corrected chi connectivity index (χ3v) is 3.27. The van der Waals surface area contributed by atoms with Gasteiger partial charge < -0.3 is 10.6 Å². The topological polar surface area (TPSA) is 62.7 Å². The standard InChI is InChI=1S/C11H20ClN5/c1-7(2)11(3,4)6-14-10-16-8(12)15-9(13-5)17-10/h7H,6H2,1-5H3,(H2,13,14,15,16,17). The molecule has 17 heavy (non-hydrogen) atoms. The number of aromatic nitrogens is 3. The smallest absolute Gasteiger partial charge is 0.228 e. The van der Waals surface area contributed by atoms with Gasteiger partial charge in [-0.2, -0.15) is 15.0 Å². The van der Waals surface area contributed by atoms with E-state index in [-0.39, 0.29) is 10.7 Å². The molecule has 0 aliphatic heterocycles. The summed E-state index contributed by atoms with van der Waals surface area (Å²) < 4.78 is 0. The average Bonchev–Trinajstić information content (AvgIpc) is 2.25. The van der Waals surface area contributed by atoms with E-state index in [0.29, 0.717) is 17.8 Å². The van der Waals surface area contributed by atoms with Gasteiger partial charge in [-0.25, -0.2) is 0 Å². The van der Waals surface area contributed by atoms with Crippen LogP contribution >= 0.6 is 11.6 Å². The molecule has 6 heteroatoms. The van der Waals surface area contributed by atoms with Gasteiger partial charge in [-0.3, -0.25) is 0 Å². The molecule has 0 aliphatic rings. The minimum Gasteiger partial charge on any atom is -0.357 e. The van der Waals surface area contributed by atoms with Crippen LogP contribution in [0, 0.1) is 11.3 Å². The summed E-state index contributed by atoms with van der Waals surface area (Å²) in [6.45, 7) is 9.58. The second kappa shape index (κ2) is 5.49.